The second-order valence-corrected chi connectivity index (χ2v) is 9.32. The molecule has 1 atom stereocenters. The van der Waals surface area contributed by atoms with Gasteiger partial charge in [-0.3, -0.25) is 9.59 Å². The van der Waals surface area contributed by atoms with Crippen LogP contribution in [0, 0.1) is 5.92 Å². The molecule has 1 saturated carbocycles. The molecule has 0 amide bonds. The van der Waals surface area contributed by atoms with Gasteiger partial charge in [-0.2, -0.15) is 0 Å². The Kier molecular flexibility index (Phi) is 6.74. The Bertz CT molecular complexity index is 1280. The van der Waals surface area contributed by atoms with Crippen LogP contribution in [0.3, 0.4) is 0 Å². The first kappa shape index (κ1) is 23.4. The van der Waals surface area contributed by atoms with Gasteiger partial charge in [-0.05, 0) is 43.7 Å². The van der Waals surface area contributed by atoms with Gasteiger partial charge in [0.2, 0.25) is 0 Å². The Morgan fingerprint density at radius 2 is 2.03 bits per heavy atom. The third-order valence-electron chi connectivity index (χ3n) is 7.01. The third kappa shape index (κ3) is 5.18. The van der Waals surface area contributed by atoms with E-state index in [-0.39, 0.29) is 24.0 Å². The van der Waals surface area contributed by atoms with E-state index >= 15 is 0 Å². The molecular weight excluding hydrogens is 448 g/mol. The topological polar surface area (TPSA) is 134 Å². The van der Waals surface area contributed by atoms with Crippen LogP contribution in [0.5, 0.6) is 11.5 Å². The van der Waals surface area contributed by atoms with E-state index in [1.54, 1.807) is 17.9 Å². The molecule has 1 aliphatic carbocycles. The molecule has 3 N–H and O–H groups in total. The molecule has 10 nitrogen and oxygen atoms in total. The van der Waals surface area contributed by atoms with E-state index in [1.807, 2.05) is 18.2 Å². The molecule has 10 heteroatoms. The van der Waals surface area contributed by atoms with Gasteiger partial charge in [0, 0.05) is 24.7 Å². The monoisotopic (exact) mass is 478 g/mol. The summed E-state index contributed by atoms with van der Waals surface area (Å²) in [5.74, 6) is 2.31. The number of hydrogen-bond acceptors (Lipinski definition) is 9. The molecule has 184 valence electrons. The predicted octanol–water partition coefficient (Wildman–Crippen LogP) is 1.38. The van der Waals surface area contributed by atoms with Crippen molar-refractivity contribution in [2.75, 3.05) is 13.7 Å². The Labute approximate surface area is 202 Å². The molecule has 2 aromatic heterocycles. The molecule has 0 spiro atoms. The van der Waals surface area contributed by atoms with Crippen molar-refractivity contribution < 1.29 is 14.3 Å². The van der Waals surface area contributed by atoms with Crippen molar-refractivity contribution in [1.82, 2.24) is 24.8 Å². The van der Waals surface area contributed by atoms with Crippen LogP contribution in [0.15, 0.2) is 35.4 Å². The van der Waals surface area contributed by atoms with Crippen molar-refractivity contribution in [3.05, 3.63) is 52.5 Å². The number of ketones is 1. The van der Waals surface area contributed by atoms with Crippen LogP contribution in [0.25, 0.3) is 11.0 Å². The minimum atomic E-state index is -0.159. The van der Waals surface area contributed by atoms with Crippen molar-refractivity contribution in [2.24, 2.45) is 11.7 Å². The lowest BCUT2D eigenvalue weighted by atomic mass is 9.81. The molecule has 2 aliphatic rings. The number of carbonyl (C=O) groups is 1. The standard InChI is InChI=1S/C25H30N6O4/c1-34-18-6-7-20-22(9-18)31(25(33)12-28-20)13-19(26)15-2-4-16(5-3-15)27-11-24-29-10-23-21(30-24)8-17(32)14-35-23/h6-7,9-10,12,15-16,19,27H,2-5,8,11,13-14,26H2,1H3. The summed E-state index contributed by atoms with van der Waals surface area (Å²) in [5.41, 5.74) is 8.59. The van der Waals surface area contributed by atoms with E-state index in [9.17, 15) is 9.59 Å². The molecule has 35 heavy (non-hydrogen) atoms. The lowest BCUT2D eigenvalue weighted by Gasteiger charge is -2.33. The van der Waals surface area contributed by atoms with Crippen molar-refractivity contribution in [3.8, 4) is 11.5 Å². The number of rotatable bonds is 7. The zero-order valence-corrected chi connectivity index (χ0v) is 19.8. The van der Waals surface area contributed by atoms with E-state index in [0.29, 0.717) is 54.5 Å². The fraction of sp³-hybridized carbons (Fsp3) is 0.480. The van der Waals surface area contributed by atoms with E-state index in [1.165, 1.54) is 6.20 Å². The van der Waals surface area contributed by atoms with Gasteiger partial charge < -0.3 is 25.1 Å². The van der Waals surface area contributed by atoms with E-state index in [4.69, 9.17) is 15.2 Å². The Hall–Kier alpha value is -3.37. The van der Waals surface area contributed by atoms with Gasteiger partial charge in [-0.1, -0.05) is 0 Å². The molecule has 0 radical (unpaired) electrons. The van der Waals surface area contributed by atoms with Crippen LogP contribution >= 0.6 is 0 Å². The number of hydrogen-bond donors (Lipinski definition) is 2. The third-order valence-corrected chi connectivity index (χ3v) is 7.01. The summed E-state index contributed by atoms with van der Waals surface area (Å²) in [6.45, 7) is 1.08. The SMILES string of the molecule is COc1ccc2ncc(=O)n(CC(N)C3CCC(NCc4ncc5c(n4)CC(=O)CO5)CC3)c2c1. The van der Waals surface area contributed by atoms with Crippen LogP contribution in [0.2, 0.25) is 0 Å². The second-order valence-electron chi connectivity index (χ2n) is 9.32. The first-order valence-corrected chi connectivity index (χ1v) is 12.0. The van der Waals surface area contributed by atoms with E-state index < -0.39 is 0 Å². The fourth-order valence-corrected chi connectivity index (χ4v) is 4.98. The number of benzene rings is 1. The summed E-state index contributed by atoms with van der Waals surface area (Å²) < 4.78 is 12.4. The summed E-state index contributed by atoms with van der Waals surface area (Å²) in [5, 5.41) is 3.54. The Morgan fingerprint density at radius 3 is 2.83 bits per heavy atom. The summed E-state index contributed by atoms with van der Waals surface area (Å²) >= 11 is 0. The predicted molar refractivity (Wildman–Crippen MR) is 129 cm³/mol. The Morgan fingerprint density at radius 1 is 1.20 bits per heavy atom. The zero-order chi connectivity index (χ0) is 24.4. The maximum Gasteiger partial charge on any atom is 0.269 e. The molecule has 1 fully saturated rings. The number of nitrogens with two attached hydrogens (primary N) is 1. The first-order chi connectivity index (χ1) is 17.0. The van der Waals surface area contributed by atoms with E-state index in [0.717, 1.165) is 36.7 Å². The molecule has 1 aromatic carbocycles. The number of nitrogens with zero attached hydrogens (tertiary/aromatic N) is 4. The van der Waals surface area contributed by atoms with Crippen molar-refractivity contribution in [3.63, 3.8) is 0 Å². The van der Waals surface area contributed by atoms with Crippen molar-refractivity contribution in [1.29, 1.82) is 0 Å². The number of ether oxygens (including phenoxy) is 2. The van der Waals surface area contributed by atoms with Crippen LogP contribution in [-0.4, -0.2) is 51.1 Å². The van der Waals surface area contributed by atoms with Gasteiger partial charge in [0.25, 0.3) is 5.56 Å². The minimum Gasteiger partial charge on any atom is -0.497 e. The van der Waals surface area contributed by atoms with Gasteiger partial charge >= 0.3 is 0 Å². The quantitative estimate of drug-likeness (QED) is 0.516. The smallest absolute Gasteiger partial charge is 0.269 e. The zero-order valence-electron chi connectivity index (χ0n) is 19.8. The maximum absolute atomic E-state index is 12.6. The molecule has 1 aliphatic heterocycles. The van der Waals surface area contributed by atoms with Crippen molar-refractivity contribution in [2.45, 2.75) is 57.3 Å². The molecule has 5 rings (SSSR count). The van der Waals surface area contributed by atoms with E-state index in [2.05, 4.69) is 20.3 Å². The number of nitrogens with one attached hydrogen (secondary N) is 1. The highest BCUT2D eigenvalue weighted by Gasteiger charge is 2.27. The van der Waals surface area contributed by atoms with Crippen LogP contribution in [0.1, 0.15) is 37.2 Å². The lowest BCUT2D eigenvalue weighted by Crippen LogP contribution is -2.42. The average Bonchev–Trinajstić information content (AvgIpc) is 2.88. The maximum atomic E-state index is 12.6. The molecule has 3 aromatic rings. The van der Waals surface area contributed by atoms with Gasteiger partial charge in [-0.25, -0.2) is 15.0 Å². The number of Topliss-reactive ketones (excluding diaryl/α,β-unsaturated/α-hetero) is 1. The van der Waals surface area contributed by atoms with Crippen LogP contribution in [0.4, 0.5) is 0 Å². The van der Waals surface area contributed by atoms with Crippen molar-refractivity contribution >= 4 is 16.8 Å². The highest BCUT2D eigenvalue weighted by Crippen LogP contribution is 2.28. The molecule has 3 heterocycles. The number of aromatic nitrogens is 4. The molecular formula is C25H30N6O4. The van der Waals surface area contributed by atoms with Gasteiger partial charge in [0.05, 0.1) is 49.2 Å². The summed E-state index contributed by atoms with van der Waals surface area (Å²) in [6, 6.07) is 5.74. The van der Waals surface area contributed by atoms with Gasteiger partial charge in [0.1, 0.15) is 18.2 Å². The first-order valence-electron chi connectivity index (χ1n) is 12.0. The normalized spacial score (nSPS) is 20.8. The summed E-state index contributed by atoms with van der Waals surface area (Å²) in [7, 11) is 1.60. The molecule has 0 bridgehead atoms. The van der Waals surface area contributed by atoms with Crippen LogP contribution in [-0.2, 0) is 24.3 Å². The summed E-state index contributed by atoms with van der Waals surface area (Å²) in [4.78, 5) is 37.3. The van der Waals surface area contributed by atoms with Gasteiger partial charge in [-0.15, -0.1) is 0 Å². The van der Waals surface area contributed by atoms with Crippen LogP contribution < -0.4 is 26.1 Å². The Balaban J connectivity index is 1.17. The molecule has 1 unspecified atom stereocenters. The highest BCUT2D eigenvalue weighted by molar-refractivity contribution is 5.83. The average molecular weight is 479 g/mol. The van der Waals surface area contributed by atoms with Gasteiger partial charge in [0.15, 0.2) is 11.5 Å². The lowest BCUT2D eigenvalue weighted by molar-refractivity contribution is -0.121. The second kappa shape index (κ2) is 10.1. The summed E-state index contributed by atoms with van der Waals surface area (Å²) in [6.07, 6.45) is 7.25. The minimum absolute atomic E-state index is 0.0333. The number of methoxy groups -OCH3 is 1. The molecule has 0 saturated heterocycles. The highest BCUT2D eigenvalue weighted by atomic mass is 16.5. The number of carbonyl (C=O) groups excluding carboxylic acids is 1. The number of fused-ring (bicyclic) bond motifs is 2. The largest absolute Gasteiger partial charge is 0.497 e. The fourth-order valence-electron chi connectivity index (χ4n) is 4.98.